The maximum atomic E-state index is 10.9. The lowest BCUT2D eigenvalue weighted by Crippen LogP contribution is -2.19. The smallest absolute Gasteiger partial charge is 0.354 e. The molecule has 18 heavy (non-hydrogen) atoms. The monoisotopic (exact) mass is 256 g/mol. The van der Waals surface area contributed by atoms with Gasteiger partial charge < -0.3 is 15.8 Å². The summed E-state index contributed by atoms with van der Waals surface area (Å²) in [6.07, 6.45) is 2.46. The van der Waals surface area contributed by atoms with Gasteiger partial charge in [-0.05, 0) is 19.8 Å². The molecule has 0 radical (unpaired) electrons. The SMILES string of the molecule is CC(CCCO)Nc1ncnc(NN)c1[N+](=O)[O-]. The fourth-order valence-corrected chi connectivity index (χ4v) is 1.47. The molecule has 0 aliphatic heterocycles. The molecular formula is C9H16N6O3. The minimum Gasteiger partial charge on any atom is -0.396 e. The molecule has 0 saturated carbocycles. The zero-order valence-electron chi connectivity index (χ0n) is 9.96. The van der Waals surface area contributed by atoms with Gasteiger partial charge in [-0.3, -0.25) is 10.1 Å². The van der Waals surface area contributed by atoms with Crippen molar-refractivity contribution in [2.45, 2.75) is 25.8 Å². The van der Waals surface area contributed by atoms with Gasteiger partial charge in [-0.1, -0.05) is 0 Å². The molecule has 0 bridgehead atoms. The summed E-state index contributed by atoms with van der Waals surface area (Å²) >= 11 is 0. The van der Waals surface area contributed by atoms with E-state index in [1.165, 1.54) is 6.33 Å². The molecule has 0 saturated heterocycles. The van der Waals surface area contributed by atoms with Crippen LogP contribution in [0.4, 0.5) is 17.3 Å². The molecule has 1 rings (SSSR count). The van der Waals surface area contributed by atoms with Crippen LogP contribution in [0.2, 0.25) is 0 Å². The summed E-state index contributed by atoms with van der Waals surface area (Å²) in [5.74, 6) is 5.22. The molecule has 1 aromatic heterocycles. The molecule has 0 spiro atoms. The van der Waals surface area contributed by atoms with Crippen molar-refractivity contribution in [3.63, 3.8) is 0 Å². The van der Waals surface area contributed by atoms with Crippen molar-refractivity contribution < 1.29 is 10.0 Å². The van der Waals surface area contributed by atoms with Gasteiger partial charge in [0.2, 0.25) is 11.6 Å². The fraction of sp³-hybridized carbons (Fsp3) is 0.556. The standard InChI is InChI=1S/C9H16N6O3/c1-6(3-2-4-16)13-8-7(15(17)18)9(14-10)12-5-11-8/h5-6,16H,2-4,10H2,1H3,(H2,11,12,13,14). The summed E-state index contributed by atoms with van der Waals surface area (Å²) < 4.78 is 0. The van der Waals surface area contributed by atoms with E-state index in [4.69, 9.17) is 10.9 Å². The van der Waals surface area contributed by atoms with Crippen molar-refractivity contribution in [1.82, 2.24) is 9.97 Å². The van der Waals surface area contributed by atoms with Gasteiger partial charge in [-0.25, -0.2) is 15.8 Å². The third-order valence-electron chi connectivity index (χ3n) is 2.32. The van der Waals surface area contributed by atoms with Crippen LogP contribution < -0.4 is 16.6 Å². The Balaban J connectivity index is 2.90. The normalized spacial score (nSPS) is 11.9. The van der Waals surface area contributed by atoms with E-state index in [0.29, 0.717) is 12.8 Å². The molecule has 0 amide bonds. The average Bonchev–Trinajstić information content (AvgIpc) is 2.35. The lowest BCUT2D eigenvalue weighted by molar-refractivity contribution is -0.383. The molecule has 0 fully saturated rings. The molecule has 1 atom stereocenters. The number of anilines is 2. The van der Waals surface area contributed by atoms with Crippen LogP contribution >= 0.6 is 0 Å². The molecule has 0 aromatic carbocycles. The summed E-state index contributed by atoms with van der Waals surface area (Å²) in [7, 11) is 0. The van der Waals surface area contributed by atoms with Gasteiger partial charge >= 0.3 is 5.69 Å². The Bertz CT molecular complexity index is 413. The summed E-state index contributed by atoms with van der Waals surface area (Å²) in [6, 6.07) is -0.0589. The first kappa shape index (κ1) is 14.1. The number of nitrogens with zero attached hydrogens (tertiary/aromatic N) is 3. The number of rotatable bonds is 7. The summed E-state index contributed by atoms with van der Waals surface area (Å²) in [5, 5.41) is 22.6. The predicted octanol–water partition coefficient (Wildman–Crippen LogP) is 0.243. The Labute approximate surface area is 104 Å². The average molecular weight is 256 g/mol. The minimum atomic E-state index is -0.601. The topological polar surface area (TPSA) is 139 Å². The van der Waals surface area contributed by atoms with Crippen molar-refractivity contribution in [2.75, 3.05) is 17.3 Å². The van der Waals surface area contributed by atoms with Crippen LogP contribution in [0.15, 0.2) is 6.33 Å². The quantitative estimate of drug-likeness (QED) is 0.309. The Kier molecular flexibility index (Phi) is 5.21. The number of hydrazine groups is 1. The first-order valence-electron chi connectivity index (χ1n) is 5.43. The van der Waals surface area contributed by atoms with Gasteiger partial charge in [-0.2, -0.15) is 0 Å². The van der Waals surface area contributed by atoms with Gasteiger partial charge in [0, 0.05) is 12.6 Å². The highest BCUT2D eigenvalue weighted by Gasteiger charge is 2.23. The van der Waals surface area contributed by atoms with Crippen molar-refractivity contribution in [1.29, 1.82) is 0 Å². The third-order valence-corrected chi connectivity index (χ3v) is 2.32. The summed E-state index contributed by atoms with van der Waals surface area (Å²) in [6.45, 7) is 1.92. The van der Waals surface area contributed by atoms with E-state index < -0.39 is 4.92 Å². The number of hydrogen-bond acceptors (Lipinski definition) is 8. The highest BCUT2D eigenvalue weighted by atomic mass is 16.6. The first-order chi connectivity index (χ1) is 8.60. The van der Waals surface area contributed by atoms with E-state index in [0.717, 1.165) is 0 Å². The molecule has 1 heterocycles. The van der Waals surface area contributed by atoms with E-state index in [2.05, 4.69) is 20.7 Å². The van der Waals surface area contributed by atoms with E-state index in [-0.39, 0.29) is 30.0 Å². The van der Waals surface area contributed by atoms with E-state index in [1.54, 1.807) is 0 Å². The number of hydrogen-bond donors (Lipinski definition) is 4. The summed E-state index contributed by atoms with van der Waals surface area (Å²) in [4.78, 5) is 17.9. The second kappa shape index (κ2) is 6.67. The molecule has 0 aliphatic carbocycles. The minimum absolute atomic E-state index is 0.0492. The van der Waals surface area contributed by atoms with Gasteiger partial charge in [0.15, 0.2) is 0 Å². The molecule has 1 aromatic rings. The molecule has 0 aliphatic rings. The van der Waals surface area contributed by atoms with Gasteiger partial charge in [-0.15, -0.1) is 0 Å². The molecule has 9 nitrogen and oxygen atoms in total. The largest absolute Gasteiger partial charge is 0.396 e. The maximum Gasteiger partial charge on any atom is 0.354 e. The number of nitrogen functional groups attached to an aromatic ring is 1. The summed E-state index contributed by atoms with van der Waals surface area (Å²) in [5.41, 5.74) is 1.87. The number of aromatic nitrogens is 2. The van der Waals surface area contributed by atoms with Gasteiger partial charge in [0.25, 0.3) is 0 Å². The van der Waals surface area contributed by atoms with Crippen molar-refractivity contribution in [3.8, 4) is 0 Å². The van der Waals surface area contributed by atoms with Crippen LogP contribution in [-0.2, 0) is 0 Å². The molecule has 1 unspecified atom stereocenters. The Morgan fingerprint density at radius 1 is 1.56 bits per heavy atom. The van der Waals surface area contributed by atoms with Gasteiger partial charge in [0.1, 0.15) is 6.33 Å². The lowest BCUT2D eigenvalue weighted by Gasteiger charge is -2.14. The zero-order chi connectivity index (χ0) is 13.5. The predicted molar refractivity (Wildman–Crippen MR) is 65.9 cm³/mol. The van der Waals surface area contributed by atoms with E-state index >= 15 is 0 Å². The second-order valence-electron chi connectivity index (χ2n) is 3.73. The number of aliphatic hydroxyl groups excluding tert-OH is 1. The van der Waals surface area contributed by atoms with Crippen LogP contribution in [0.5, 0.6) is 0 Å². The fourth-order valence-electron chi connectivity index (χ4n) is 1.47. The number of nitro groups is 1. The maximum absolute atomic E-state index is 10.9. The van der Waals surface area contributed by atoms with Crippen LogP contribution in [0.25, 0.3) is 0 Å². The Hall–Kier alpha value is -2.00. The highest BCUT2D eigenvalue weighted by molar-refractivity contribution is 5.68. The third kappa shape index (κ3) is 3.50. The molecular weight excluding hydrogens is 240 g/mol. The Morgan fingerprint density at radius 3 is 2.78 bits per heavy atom. The Morgan fingerprint density at radius 2 is 2.22 bits per heavy atom. The van der Waals surface area contributed by atoms with E-state index in [9.17, 15) is 10.1 Å². The van der Waals surface area contributed by atoms with Crippen molar-refractivity contribution in [3.05, 3.63) is 16.4 Å². The van der Waals surface area contributed by atoms with Crippen molar-refractivity contribution in [2.24, 2.45) is 5.84 Å². The number of aliphatic hydroxyl groups is 1. The first-order valence-corrected chi connectivity index (χ1v) is 5.43. The van der Waals surface area contributed by atoms with Crippen LogP contribution in [0.1, 0.15) is 19.8 Å². The second-order valence-corrected chi connectivity index (χ2v) is 3.73. The van der Waals surface area contributed by atoms with Crippen LogP contribution in [0, 0.1) is 10.1 Å². The highest BCUT2D eigenvalue weighted by Crippen LogP contribution is 2.28. The van der Waals surface area contributed by atoms with Crippen molar-refractivity contribution >= 4 is 17.3 Å². The van der Waals surface area contributed by atoms with Crippen LogP contribution in [0.3, 0.4) is 0 Å². The van der Waals surface area contributed by atoms with Gasteiger partial charge in [0.05, 0.1) is 4.92 Å². The number of nitrogens with two attached hydrogens (primary N) is 1. The molecule has 9 heteroatoms. The zero-order valence-corrected chi connectivity index (χ0v) is 9.96. The van der Waals surface area contributed by atoms with E-state index in [1.807, 2.05) is 6.92 Å². The molecule has 5 N–H and O–H groups in total. The molecule has 100 valence electrons. The van der Waals surface area contributed by atoms with Crippen LogP contribution in [-0.4, -0.2) is 32.6 Å². The number of nitrogens with one attached hydrogen (secondary N) is 2. The lowest BCUT2D eigenvalue weighted by atomic mass is 10.2.